The van der Waals surface area contributed by atoms with Crippen LogP contribution in [0, 0.1) is 0 Å². The second-order valence-electron chi connectivity index (χ2n) is 4.46. The number of hydrogen-bond donors (Lipinski definition) is 0. The molecule has 0 unspecified atom stereocenters. The van der Waals surface area contributed by atoms with Gasteiger partial charge in [-0.15, -0.1) is 11.3 Å². The van der Waals surface area contributed by atoms with Crippen molar-refractivity contribution < 1.29 is 18.3 Å². The molecule has 2 aromatic heterocycles. The van der Waals surface area contributed by atoms with Crippen molar-refractivity contribution in [2.24, 2.45) is 0 Å². The van der Waals surface area contributed by atoms with Gasteiger partial charge >= 0.3 is 5.69 Å². The molecule has 0 amide bonds. The zero-order chi connectivity index (χ0) is 16.4. The Labute approximate surface area is 127 Å². The van der Waals surface area contributed by atoms with Gasteiger partial charge in [-0.3, -0.25) is 18.7 Å². The van der Waals surface area contributed by atoms with Crippen LogP contribution in [-0.4, -0.2) is 29.1 Å². The number of rotatable bonds is 6. The zero-order valence-corrected chi connectivity index (χ0v) is 12.8. The molecule has 0 N–H and O–H groups in total. The van der Waals surface area contributed by atoms with Crippen LogP contribution in [-0.2, 0) is 17.8 Å². The van der Waals surface area contributed by atoms with Gasteiger partial charge in [-0.05, 0) is 6.92 Å². The summed E-state index contributed by atoms with van der Waals surface area (Å²) in [6.45, 7) is 1.91. The third-order valence-electron chi connectivity index (χ3n) is 3.28. The first-order chi connectivity index (χ1) is 10.5. The van der Waals surface area contributed by atoms with Crippen LogP contribution in [0.1, 0.15) is 28.6 Å². The third-order valence-corrected chi connectivity index (χ3v) is 4.44. The summed E-state index contributed by atoms with van der Waals surface area (Å²) in [6.07, 6.45) is -2.69. The van der Waals surface area contributed by atoms with Gasteiger partial charge in [0, 0.05) is 13.7 Å². The Balaban J connectivity index is 2.98. The minimum atomic E-state index is -2.97. The first kappa shape index (κ1) is 16.5. The highest BCUT2D eigenvalue weighted by atomic mass is 32.1. The predicted molar refractivity (Wildman–Crippen MR) is 78.2 cm³/mol. The number of aldehydes is 1. The summed E-state index contributed by atoms with van der Waals surface area (Å²) in [6, 6.07) is 0. The molecular weight excluding hydrogens is 318 g/mol. The number of halogens is 2. The van der Waals surface area contributed by atoms with Crippen LogP contribution in [0.2, 0.25) is 0 Å². The van der Waals surface area contributed by atoms with Gasteiger partial charge in [0.2, 0.25) is 0 Å². The molecule has 2 rings (SSSR count). The smallest absolute Gasteiger partial charge is 0.332 e. The van der Waals surface area contributed by atoms with Crippen molar-refractivity contribution in [3.63, 3.8) is 0 Å². The number of hydrogen-bond acceptors (Lipinski definition) is 5. The monoisotopic (exact) mass is 332 g/mol. The molecule has 0 radical (unpaired) electrons. The maximum Gasteiger partial charge on any atom is 0.332 e. The molecule has 0 aliphatic rings. The maximum absolute atomic E-state index is 13.3. The summed E-state index contributed by atoms with van der Waals surface area (Å²) in [5.41, 5.74) is -2.00. The van der Waals surface area contributed by atoms with E-state index in [9.17, 15) is 23.2 Å². The lowest BCUT2D eigenvalue weighted by molar-refractivity contribution is 0.111. The summed E-state index contributed by atoms with van der Waals surface area (Å²) in [5, 5.41) is -0.264. The molecule has 0 aliphatic heterocycles. The lowest BCUT2D eigenvalue weighted by Gasteiger charge is -2.10. The Kier molecular flexibility index (Phi) is 4.87. The Morgan fingerprint density at radius 3 is 2.50 bits per heavy atom. The van der Waals surface area contributed by atoms with Crippen LogP contribution < -0.4 is 11.2 Å². The highest BCUT2D eigenvalue weighted by molar-refractivity contribution is 7.20. The van der Waals surface area contributed by atoms with E-state index in [0.717, 1.165) is 15.9 Å². The van der Waals surface area contributed by atoms with Crippen molar-refractivity contribution >= 4 is 27.8 Å². The number of carbonyl (C=O) groups is 1. The average Bonchev–Trinajstić information content (AvgIpc) is 2.87. The van der Waals surface area contributed by atoms with Crippen LogP contribution >= 0.6 is 11.3 Å². The minimum absolute atomic E-state index is 0.0511. The van der Waals surface area contributed by atoms with E-state index >= 15 is 0 Å². The molecule has 0 bridgehead atoms. The van der Waals surface area contributed by atoms with Crippen molar-refractivity contribution in [2.45, 2.75) is 26.4 Å². The highest BCUT2D eigenvalue weighted by Crippen LogP contribution is 2.34. The van der Waals surface area contributed by atoms with Gasteiger partial charge in [0.15, 0.2) is 6.29 Å². The molecule has 120 valence electrons. The number of aromatic nitrogens is 2. The van der Waals surface area contributed by atoms with Gasteiger partial charge in [0.1, 0.15) is 4.83 Å². The van der Waals surface area contributed by atoms with Crippen molar-refractivity contribution in [1.29, 1.82) is 0 Å². The summed E-state index contributed by atoms with van der Waals surface area (Å²) in [7, 11) is 1.44. The average molecular weight is 332 g/mol. The number of carbonyl (C=O) groups excluding carboxylic acids is 1. The SMILES string of the molecule is CCn1c(=O)c2c(C(F)F)c(C=O)sc2n(CCOC)c1=O. The van der Waals surface area contributed by atoms with Gasteiger partial charge in [-0.25, -0.2) is 13.6 Å². The molecule has 2 heterocycles. The van der Waals surface area contributed by atoms with Crippen molar-refractivity contribution in [3.8, 4) is 0 Å². The number of ether oxygens (including phenoxy) is 1. The molecule has 0 atom stereocenters. The highest BCUT2D eigenvalue weighted by Gasteiger charge is 2.26. The van der Waals surface area contributed by atoms with E-state index in [1.165, 1.54) is 11.7 Å². The summed E-state index contributed by atoms with van der Waals surface area (Å²) >= 11 is 0.723. The lowest BCUT2D eigenvalue weighted by atomic mass is 10.2. The van der Waals surface area contributed by atoms with E-state index < -0.39 is 23.2 Å². The third kappa shape index (κ3) is 2.50. The summed E-state index contributed by atoms with van der Waals surface area (Å²) < 4.78 is 33.5. The van der Waals surface area contributed by atoms with Crippen LogP contribution in [0.4, 0.5) is 8.78 Å². The second-order valence-corrected chi connectivity index (χ2v) is 5.49. The fourth-order valence-electron chi connectivity index (χ4n) is 2.26. The Morgan fingerprint density at radius 2 is 2.00 bits per heavy atom. The Morgan fingerprint density at radius 1 is 1.32 bits per heavy atom. The zero-order valence-electron chi connectivity index (χ0n) is 12.0. The van der Waals surface area contributed by atoms with Crippen LogP contribution in [0.15, 0.2) is 9.59 Å². The van der Waals surface area contributed by atoms with E-state index in [1.807, 2.05) is 0 Å². The molecule has 0 saturated carbocycles. The van der Waals surface area contributed by atoms with Crippen molar-refractivity contribution in [3.05, 3.63) is 31.3 Å². The van der Waals surface area contributed by atoms with Gasteiger partial charge in [0.25, 0.3) is 12.0 Å². The van der Waals surface area contributed by atoms with Gasteiger partial charge in [-0.2, -0.15) is 0 Å². The van der Waals surface area contributed by atoms with E-state index in [4.69, 9.17) is 4.74 Å². The number of nitrogens with zero attached hydrogens (tertiary/aromatic N) is 2. The number of fused-ring (bicyclic) bond motifs is 1. The molecule has 0 aliphatic carbocycles. The second kappa shape index (κ2) is 6.49. The van der Waals surface area contributed by atoms with Crippen molar-refractivity contribution in [2.75, 3.05) is 13.7 Å². The summed E-state index contributed by atoms with van der Waals surface area (Å²) in [5.74, 6) is 0. The molecular formula is C13H14F2N2O4S. The molecule has 0 spiro atoms. The quantitative estimate of drug-likeness (QED) is 0.754. The largest absolute Gasteiger partial charge is 0.383 e. The number of alkyl halides is 2. The first-order valence-corrected chi connectivity index (χ1v) is 7.31. The Bertz CT molecular complexity index is 822. The van der Waals surface area contributed by atoms with Gasteiger partial charge in [-0.1, -0.05) is 0 Å². The molecule has 6 nitrogen and oxygen atoms in total. The number of methoxy groups -OCH3 is 1. The molecule has 2 aromatic rings. The molecule has 0 aromatic carbocycles. The van der Waals surface area contributed by atoms with E-state index in [2.05, 4.69) is 0 Å². The van der Waals surface area contributed by atoms with Crippen molar-refractivity contribution in [1.82, 2.24) is 9.13 Å². The number of thiophene rings is 1. The first-order valence-electron chi connectivity index (χ1n) is 6.50. The van der Waals surface area contributed by atoms with Crippen LogP contribution in [0.25, 0.3) is 10.2 Å². The molecule has 0 fully saturated rings. The fourth-order valence-corrected chi connectivity index (χ4v) is 3.40. The van der Waals surface area contributed by atoms with Crippen LogP contribution in [0.3, 0.4) is 0 Å². The predicted octanol–water partition coefficient (Wildman–Crippen LogP) is 1.64. The normalized spacial score (nSPS) is 11.5. The van der Waals surface area contributed by atoms with E-state index in [-0.39, 0.29) is 41.1 Å². The Hall–Kier alpha value is -1.87. The topological polar surface area (TPSA) is 70.3 Å². The summed E-state index contributed by atoms with van der Waals surface area (Å²) in [4.78, 5) is 35.5. The standard InChI is InChI=1S/C13H14F2N2O4S/c1-3-16-11(19)9-8(10(14)15)7(6-18)22-12(9)17(13(16)20)4-5-21-2/h6,10H,3-5H2,1-2H3. The van der Waals surface area contributed by atoms with Crippen LogP contribution in [0.5, 0.6) is 0 Å². The van der Waals surface area contributed by atoms with Gasteiger partial charge < -0.3 is 4.74 Å². The van der Waals surface area contributed by atoms with E-state index in [0.29, 0.717) is 0 Å². The fraction of sp³-hybridized carbons (Fsp3) is 0.462. The lowest BCUT2D eigenvalue weighted by Crippen LogP contribution is -2.40. The van der Waals surface area contributed by atoms with E-state index in [1.54, 1.807) is 6.92 Å². The molecule has 22 heavy (non-hydrogen) atoms. The minimum Gasteiger partial charge on any atom is -0.383 e. The molecule has 9 heteroatoms. The van der Waals surface area contributed by atoms with Gasteiger partial charge in [0.05, 0.1) is 29.0 Å². The maximum atomic E-state index is 13.3. The molecule has 0 saturated heterocycles.